The standard InChI is InChI=1S/C14H15N3S2/c1(3-13-4-2-11-18-13)6-16-7-9-17(10-8-16)14-15-5-12-19-14/h2,4-5,11-12H,6-10H2. The van der Waals surface area contributed by atoms with Crippen LogP contribution in [0.4, 0.5) is 5.13 Å². The van der Waals surface area contributed by atoms with Gasteiger partial charge in [0.25, 0.3) is 0 Å². The number of thiazole rings is 1. The Hall–Kier alpha value is -1.35. The second kappa shape index (κ2) is 6.20. The minimum Gasteiger partial charge on any atom is -0.346 e. The van der Waals surface area contributed by atoms with Crippen molar-refractivity contribution in [3.8, 4) is 11.8 Å². The molecule has 98 valence electrons. The van der Waals surface area contributed by atoms with E-state index in [9.17, 15) is 0 Å². The topological polar surface area (TPSA) is 19.4 Å². The zero-order valence-electron chi connectivity index (χ0n) is 10.6. The third-order valence-electron chi connectivity index (χ3n) is 3.10. The molecule has 0 aromatic carbocycles. The lowest BCUT2D eigenvalue weighted by atomic mass is 10.3. The van der Waals surface area contributed by atoms with Crippen molar-refractivity contribution in [2.75, 3.05) is 37.6 Å². The first kappa shape index (κ1) is 12.7. The number of anilines is 1. The van der Waals surface area contributed by atoms with Crippen LogP contribution in [0.3, 0.4) is 0 Å². The quantitative estimate of drug-likeness (QED) is 0.791. The molecule has 0 atom stereocenters. The van der Waals surface area contributed by atoms with E-state index in [1.54, 1.807) is 22.7 Å². The largest absolute Gasteiger partial charge is 0.346 e. The van der Waals surface area contributed by atoms with Crippen LogP contribution in [-0.2, 0) is 0 Å². The van der Waals surface area contributed by atoms with Crippen LogP contribution in [0.25, 0.3) is 0 Å². The van der Waals surface area contributed by atoms with Gasteiger partial charge in [0.15, 0.2) is 5.13 Å². The smallest absolute Gasteiger partial charge is 0.185 e. The molecular formula is C14H15N3S2. The first-order valence-electron chi connectivity index (χ1n) is 6.31. The van der Waals surface area contributed by atoms with Crippen molar-refractivity contribution in [2.45, 2.75) is 0 Å². The molecule has 19 heavy (non-hydrogen) atoms. The highest BCUT2D eigenvalue weighted by Gasteiger charge is 2.17. The van der Waals surface area contributed by atoms with Crippen LogP contribution in [0, 0.1) is 11.8 Å². The van der Waals surface area contributed by atoms with Crippen molar-refractivity contribution >= 4 is 27.8 Å². The predicted octanol–water partition coefficient (Wildman–Crippen LogP) is 2.38. The summed E-state index contributed by atoms with van der Waals surface area (Å²) >= 11 is 3.42. The van der Waals surface area contributed by atoms with Gasteiger partial charge < -0.3 is 4.90 Å². The van der Waals surface area contributed by atoms with Gasteiger partial charge in [-0.05, 0) is 11.4 Å². The van der Waals surface area contributed by atoms with Gasteiger partial charge in [0.1, 0.15) is 0 Å². The zero-order chi connectivity index (χ0) is 12.9. The molecule has 2 aromatic heterocycles. The van der Waals surface area contributed by atoms with Crippen LogP contribution in [0.2, 0.25) is 0 Å². The van der Waals surface area contributed by atoms with Gasteiger partial charge in [0, 0.05) is 37.8 Å². The molecule has 5 heteroatoms. The van der Waals surface area contributed by atoms with Gasteiger partial charge in [-0.1, -0.05) is 17.9 Å². The number of piperazine rings is 1. The highest BCUT2D eigenvalue weighted by molar-refractivity contribution is 7.13. The molecule has 3 nitrogen and oxygen atoms in total. The lowest BCUT2D eigenvalue weighted by molar-refractivity contribution is 0.288. The second-order valence-electron chi connectivity index (χ2n) is 4.36. The molecule has 0 amide bonds. The number of thiophene rings is 1. The van der Waals surface area contributed by atoms with Crippen LogP contribution in [0.1, 0.15) is 4.88 Å². The maximum atomic E-state index is 4.36. The van der Waals surface area contributed by atoms with Crippen molar-refractivity contribution in [3.05, 3.63) is 34.0 Å². The summed E-state index contributed by atoms with van der Waals surface area (Å²) in [5, 5.41) is 5.25. The molecule has 0 N–H and O–H groups in total. The summed E-state index contributed by atoms with van der Waals surface area (Å²) < 4.78 is 0. The fraction of sp³-hybridized carbons (Fsp3) is 0.357. The molecule has 1 saturated heterocycles. The Kier molecular flexibility index (Phi) is 4.13. The predicted molar refractivity (Wildman–Crippen MR) is 82.0 cm³/mol. The van der Waals surface area contributed by atoms with E-state index in [1.165, 1.54) is 0 Å². The molecule has 0 bridgehead atoms. The number of hydrogen-bond donors (Lipinski definition) is 0. The van der Waals surface area contributed by atoms with Crippen LogP contribution < -0.4 is 4.90 Å². The van der Waals surface area contributed by atoms with Gasteiger partial charge >= 0.3 is 0 Å². The SMILES string of the molecule is C(#Cc1cccs1)CN1CCN(c2nccs2)CC1. The van der Waals surface area contributed by atoms with E-state index in [-0.39, 0.29) is 0 Å². The molecule has 1 aliphatic heterocycles. The third kappa shape index (κ3) is 3.35. The third-order valence-corrected chi connectivity index (χ3v) is 4.72. The summed E-state index contributed by atoms with van der Waals surface area (Å²) in [5.74, 6) is 6.48. The van der Waals surface area contributed by atoms with E-state index < -0.39 is 0 Å². The normalized spacial score (nSPS) is 16.1. The Morgan fingerprint density at radius 1 is 1.16 bits per heavy atom. The number of hydrogen-bond acceptors (Lipinski definition) is 5. The number of nitrogens with zero attached hydrogens (tertiary/aromatic N) is 3. The van der Waals surface area contributed by atoms with Crippen LogP contribution in [0.15, 0.2) is 29.1 Å². The molecule has 2 aromatic rings. The van der Waals surface area contributed by atoms with E-state index in [2.05, 4.69) is 38.1 Å². The molecule has 0 saturated carbocycles. The van der Waals surface area contributed by atoms with Crippen molar-refractivity contribution < 1.29 is 0 Å². The fourth-order valence-corrected chi connectivity index (χ4v) is 3.35. The minimum absolute atomic E-state index is 0.865. The lowest BCUT2D eigenvalue weighted by Gasteiger charge is -2.33. The monoisotopic (exact) mass is 289 g/mol. The molecule has 1 aliphatic rings. The van der Waals surface area contributed by atoms with Crippen molar-refractivity contribution in [1.29, 1.82) is 0 Å². The van der Waals surface area contributed by atoms with Gasteiger partial charge in [0.05, 0.1) is 11.4 Å². The van der Waals surface area contributed by atoms with Crippen LogP contribution in [0.5, 0.6) is 0 Å². The summed E-state index contributed by atoms with van der Waals surface area (Å²) in [6.07, 6.45) is 1.87. The average Bonchev–Trinajstić information content (AvgIpc) is 3.13. The summed E-state index contributed by atoms with van der Waals surface area (Å²) in [5.41, 5.74) is 0. The Morgan fingerprint density at radius 2 is 2.05 bits per heavy atom. The highest BCUT2D eigenvalue weighted by Crippen LogP contribution is 2.18. The van der Waals surface area contributed by atoms with E-state index in [4.69, 9.17) is 0 Å². The first-order chi connectivity index (χ1) is 9.42. The minimum atomic E-state index is 0.865. The Morgan fingerprint density at radius 3 is 2.74 bits per heavy atom. The fourth-order valence-electron chi connectivity index (χ4n) is 2.06. The first-order valence-corrected chi connectivity index (χ1v) is 8.07. The Bertz CT molecular complexity index is 543. The molecule has 3 rings (SSSR count). The van der Waals surface area contributed by atoms with Gasteiger partial charge in [-0.25, -0.2) is 4.98 Å². The van der Waals surface area contributed by atoms with Gasteiger partial charge in [-0.15, -0.1) is 22.7 Å². The second-order valence-corrected chi connectivity index (χ2v) is 6.18. The molecule has 0 radical (unpaired) electrons. The average molecular weight is 289 g/mol. The Labute approximate surface area is 121 Å². The lowest BCUT2D eigenvalue weighted by Crippen LogP contribution is -2.46. The van der Waals surface area contributed by atoms with E-state index in [1.807, 2.05) is 17.6 Å². The van der Waals surface area contributed by atoms with Crippen molar-refractivity contribution in [3.63, 3.8) is 0 Å². The van der Waals surface area contributed by atoms with Crippen molar-refractivity contribution in [1.82, 2.24) is 9.88 Å². The summed E-state index contributed by atoms with van der Waals surface area (Å²) in [7, 11) is 0. The maximum Gasteiger partial charge on any atom is 0.185 e. The van der Waals surface area contributed by atoms with Gasteiger partial charge in [-0.3, -0.25) is 4.90 Å². The number of aromatic nitrogens is 1. The molecule has 0 unspecified atom stereocenters. The summed E-state index contributed by atoms with van der Waals surface area (Å²) in [6.45, 7) is 5.10. The molecule has 0 aliphatic carbocycles. The molecular weight excluding hydrogens is 274 g/mol. The molecule has 0 spiro atoms. The Balaban J connectivity index is 1.48. The van der Waals surface area contributed by atoms with Crippen LogP contribution in [-0.4, -0.2) is 42.6 Å². The van der Waals surface area contributed by atoms with Gasteiger partial charge in [0.2, 0.25) is 0 Å². The van der Waals surface area contributed by atoms with E-state index in [0.717, 1.165) is 42.7 Å². The molecule has 1 fully saturated rings. The zero-order valence-corrected chi connectivity index (χ0v) is 12.2. The number of rotatable bonds is 2. The van der Waals surface area contributed by atoms with E-state index in [0.29, 0.717) is 0 Å². The van der Waals surface area contributed by atoms with Crippen molar-refractivity contribution in [2.24, 2.45) is 0 Å². The highest BCUT2D eigenvalue weighted by atomic mass is 32.1. The van der Waals surface area contributed by atoms with Crippen LogP contribution >= 0.6 is 22.7 Å². The van der Waals surface area contributed by atoms with Gasteiger partial charge in [-0.2, -0.15) is 0 Å². The maximum absolute atomic E-state index is 4.36. The summed E-state index contributed by atoms with van der Waals surface area (Å²) in [4.78, 5) is 10.3. The molecule has 3 heterocycles. The summed E-state index contributed by atoms with van der Waals surface area (Å²) in [6, 6.07) is 4.11. The van der Waals surface area contributed by atoms with E-state index >= 15 is 0 Å².